The summed E-state index contributed by atoms with van der Waals surface area (Å²) in [6.45, 7) is 3.64. The smallest absolute Gasteiger partial charge is 0.269 e. The number of rotatable bonds is 4. The van der Waals surface area contributed by atoms with Crippen molar-refractivity contribution >= 4 is 46.5 Å². The normalized spacial score (nSPS) is 19.1. The lowest BCUT2D eigenvalue weighted by molar-refractivity contribution is -0.124. The van der Waals surface area contributed by atoms with Crippen LogP contribution in [0.5, 0.6) is 0 Å². The van der Waals surface area contributed by atoms with E-state index in [4.69, 9.17) is 0 Å². The van der Waals surface area contributed by atoms with E-state index in [1.165, 1.54) is 45.8 Å². The van der Waals surface area contributed by atoms with Crippen LogP contribution in [0, 0.1) is 19.7 Å². The van der Waals surface area contributed by atoms with Crippen LogP contribution in [0.4, 0.5) is 21.5 Å². The molecule has 0 bridgehead atoms. The van der Waals surface area contributed by atoms with Crippen LogP contribution in [0.25, 0.3) is 0 Å². The molecule has 1 N–H and O–H groups in total. The molecule has 6 nitrogen and oxygen atoms in total. The summed E-state index contributed by atoms with van der Waals surface area (Å²) in [5.74, 6) is -1.29. The summed E-state index contributed by atoms with van der Waals surface area (Å²) in [6, 6.07) is 18.5. The van der Waals surface area contributed by atoms with Gasteiger partial charge in [-0.25, -0.2) is 4.39 Å². The zero-order valence-corrected chi connectivity index (χ0v) is 19.5. The largest absolute Gasteiger partial charge is 0.325 e. The molecule has 8 heteroatoms. The van der Waals surface area contributed by atoms with Gasteiger partial charge in [-0.15, -0.1) is 11.8 Å². The second-order valence-electron chi connectivity index (χ2n) is 8.41. The van der Waals surface area contributed by atoms with E-state index in [1.807, 2.05) is 56.3 Å². The van der Waals surface area contributed by atoms with Crippen molar-refractivity contribution in [1.29, 1.82) is 0 Å². The van der Waals surface area contributed by atoms with E-state index < -0.39 is 10.7 Å². The third kappa shape index (κ3) is 3.45. The molecule has 34 heavy (non-hydrogen) atoms. The predicted molar refractivity (Wildman–Crippen MR) is 131 cm³/mol. The molecule has 2 aliphatic heterocycles. The summed E-state index contributed by atoms with van der Waals surface area (Å²) in [7, 11) is 0. The predicted octanol–water partition coefficient (Wildman–Crippen LogP) is 4.36. The Hall–Kier alpha value is -3.65. The van der Waals surface area contributed by atoms with Gasteiger partial charge in [0.25, 0.3) is 5.91 Å². The minimum Gasteiger partial charge on any atom is -0.325 e. The van der Waals surface area contributed by atoms with Crippen LogP contribution in [-0.2, 0) is 19.3 Å². The number of para-hydroxylation sites is 1. The van der Waals surface area contributed by atoms with Crippen molar-refractivity contribution in [2.24, 2.45) is 0 Å². The number of thioether (sulfide) groups is 1. The quantitative estimate of drug-likeness (QED) is 0.609. The summed E-state index contributed by atoms with van der Waals surface area (Å²) in [6.07, 6.45) is 0. The minimum absolute atomic E-state index is 0.0971. The Labute approximate surface area is 200 Å². The number of nitrogens with zero attached hydrogens (tertiary/aromatic N) is 2. The second kappa shape index (κ2) is 8.29. The first-order valence-electron chi connectivity index (χ1n) is 10.8. The van der Waals surface area contributed by atoms with Gasteiger partial charge in [0, 0.05) is 16.9 Å². The summed E-state index contributed by atoms with van der Waals surface area (Å²) < 4.78 is 13.6. The number of carbonyl (C=O) groups excluding carboxylic acids is 3. The molecule has 2 heterocycles. The van der Waals surface area contributed by atoms with Gasteiger partial charge in [-0.2, -0.15) is 0 Å². The first kappa shape index (κ1) is 22.2. The molecule has 3 aromatic carbocycles. The van der Waals surface area contributed by atoms with Crippen LogP contribution in [0.2, 0.25) is 0 Å². The maximum atomic E-state index is 14.0. The molecular weight excluding hydrogens is 453 g/mol. The maximum absolute atomic E-state index is 14.0. The number of carbonyl (C=O) groups is 3. The first-order valence-corrected chi connectivity index (χ1v) is 11.8. The zero-order valence-electron chi connectivity index (χ0n) is 18.7. The van der Waals surface area contributed by atoms with Crippen LogP contribution in [0.1, 0.15) is 16.7 Å². The number of nitrogens with one attached hydrogen (secondary N) is 1. The standard InChI is InChI=1S/C26H22FN3O3S/c1-16-6-10-19(11-7-16)28-22(31)14-29-24-17(2)4-3-5-21(24)26(25(29)33)30(23(32)15-34-26)20-12-8-18(27)9-13-20/h3-13H,14-15H2,1-2H3,(H,28,31)/t26-/m1/s1. The highest BCUT2D eigenvalue weighted by molar-refractivity contribution is 8.02. The van der Waals surface area contributed by atoms with E-state index in [0.717, 1.165) is 11.1 Å². The second-order valence-corrected chi connectivity index (χ2v) is 9.58. The highest BCUT2D eigenvalue weighted by Gasteiger charge is 2.61. The topological polar surface area (TPSA) is 69.7 Å². The van der Waals surface area contributed by atoms with Gasteiger partial charge < -0.3 is 5.32 Å². The average molecular weight is 476 g/mol. The van der Waals surface area contributed by atoms with Crippen LogP contribution in [0.15, 0.2) is 66.7 Å². The van der Waals surface area contributed by atoms with Gasteiger partial charge in [0.1, 0.15) is 12.4 Å². The molecule has 0 radical (unpaired) electrons. The average Bonchev–Trinajstić information content (AvgIpc) is 3.27. The molecule has 0 saturated carbocycles. The molecule has 172 valence electrons. The van der Waals surface area contributed by atoms with E-state index in [0.29, 0.717) is 22.6 Å². The van der Waals surface area contributed by atoms with E-state index >= 15 is 0 Å². The number of fused-ring (bicyclic) bond motifs is 2. The lowest BCUT2D eigenvalue weighted by atomic mass is 10.0. The fourth-order valence-corrected chi connectivity index (χ4v) is 5.92. The van der Waals surface area contributed by atoms with Crippen LogP contribution >= 0.6 is 11.8 Å². The number of benzene rings is 3. The number of amides is 3. The van der Waals surface area contributed by atoms with Gasteiger partial charge in [-0.3, -0.25) is 24.2 Å². The summed E-state index contributed by atoms with van der Waals surface area (Å²) in [4.78, 5) is 41.5. The molecule has 3 amide bonds. The monoisotopic (exact) mass is 475 g/mol. The summed E-state index contributed by atoms with van der Waals surface area (Å²) >= 11 is 1.22. The Morgan fingerprint density at radius 1 is 1.03 bits per heavy atom. The highest BCUT2D eigenvalue weighted by atomic mass is 32.2. The van der Waals surface area contributed by atoms with E-state index in [1.54, 1.807) is 0 Å². The van der Waals surface area contributed by atoms with Gasteiger partial charge in [0.15, 0.2) is 0 Å². The van der Waals surface area contributed by atoms with E-state index in [9.17, 15) is 18.8 Å². The summed E-state index contributed by atoms with van der Waals surface area (Å²) in [5.41, 5.74) is 4.25. The molecule has 3 aromatic rings. The Morgan fingerprint density at radius 3 is 2.44 bits per heavy atom. The molecule has 1 atom stereocenters. The van der Waals surface area contributed by atoms with Crippen LogP contribution < -0.4 is 15.1 Å². The Morgan fingerprint density at radius 2 is 1.74 bits per heavy atom. The Kier molecular flexibility index (Phi) is 5.40. The molecule has 1 saturated heterocycles. The van der Waals surface area contributed by atoms with Gasteiger partial charge in [-0.05, 0) is 55.8 Å². The van der Waals surface area contributed by atoms with E-state index in [2.05, 4.69) is 5.32 Å². The maximum Gasteiger partial charge on any atom is 0.269 e. The lowest BCUT2D eigenvalue weighted by Crippen LogP contribution is -2.50. The number of hydrogen-bond donors (Lipinski definition) is 1. The van der Waals surface area contributed by atoms with Crippen LogP contribution in [0.3, 0.4) is 0 Å². The molecule has 5 rings (SSSR count). The molecule has 0 unspecified atom stereocenters. The lowest BCUT2D eigenvalue weighted by Gasteiger charge is -2.33. The van der Waals surface area contributed by atoms with Crippen molar-refractivity contribution in [2.75, 3.05) is 27.4 Å². The third-order valence-electron chi connectivity index (χ3n) is 6.10. The fraction of sp³-hybridized carbons (Fsp3) is 0.192. The van der Waals surface area contributed by atoms with Crippen molar-refractivity contribution < 1.29 is 18.8 Å². The Bertz CT molecular complexity index is 1310. The Balaban J connectivity index is 1.54. The van der Waals surface area contributed by atoms with Gasteiger partial charge in [0.2, 0.25) is 16.7 Å². The number of anilines is 3. The molecular formula is C26H22FN3O3S. The highest BCUT2D eigenvalue weighted by Crippen LogP contribution is 2.56. The fourth-order valence-electron chi connectivity index (χ4n) is 4.56. The van der Waals surface area contributed by atoms with Gasteiger partial charge in [0.05, 0.1) is 11.4 Å². The van der Waals surface area contributed by atoms with Gasteiger partial charge >= 0.3 is 0 Å². The molecule has 1 spiro atoms. The zero-order chi connectivity index (χ0) is 24.0. The molecule has 0 aliphatic carbocycles. The SMILES string of the molecule is Cc1ccc(NC(=O)CN2C(=O)[C@]3(SCC(=O)N3c3ccc(F)cc3)c3cccc(C)c32)cc1. The van der Waals surface area contributed by atoms with Gasteiger partial charge in [-0.1, -0.05) is 35.9 Å². The number of hydrogen-bond acceptors (Lipinski definition) is 4. The van der Waals surface area contributed by atoms with Crippen molar-refractivity contribution in [3.8, 4) is 0 Å². The summed E-state index contributed by atoms with van der Waals surface area (Å²) in [5, 5.41) is 2.84. The van der Waals surface area contributed by atoms with Crippen molar-refractivity contribution in [3.63, 3.8) is 0 Å². The van der Waals surface area contributed by atoms with E-state index in [-0.39, 0.29) is 30.0 Å². The van der Waals surface area contributed by atoms with Crippen molar-refractivity contribution in [1.82, 2.24) is 0 Å². The number of halogens is 1. The molecule has 2 aliphatic rings. The van der Waals surface area contributed by atoms with Crippen molar-refractivity contribution in [3.05, 3.63) is 89.2 Å². The number of aryl methyl sites for hydroxylation is 2. The first-order chi connectivity index (χ1) is 16.3. The molecule has 1 fully saturated rings. The minimum atomic E-state index is -1.35. The molecule has 0 aromatic heterocycles. The third-order valence-corrected chi connectivity index (χ3v) is 7.48. The van der Waals surface area contributed by atoms with Crippen molar-refractivity contribution in [2.45, 2.75) is 18.7 Å². The van der Waals surface area contributed by atoms with Crippen LogP contribution in [-0.4, -0.2) is 30.0 Å².